The fourth-order valence-electron chi connectivity index (χ4n) is 3.22. The monoisotopic (exact) mass is 295 g/mol. The number of amides is 1. The molecule has 0 aliphatic carbocycles. The third-order valence-electron chi connectivity index (χ3n) is 4.56. The Kier molecular flexibility index (Phi) is 3.75. The summed E-state index contributed by atoms with van der Waals surface area (Å²) < 4.78 is 0. The number of anilines is 1. The molecule has 0 radical (unpaired) electrons. The minimum absolute atomic E-state index is 0.139. The number of hydrogen-bond acceptors (Lipinski definition) is 2. The maximum absolute atomic E-state index is 12.3. The first-order chi connectivity index (χ1) is 10.5. The van der Waals surface area contributed by atoms with Crippen LogP contribution in [0.4, 0.5) is 5.69 Å². The average Bonchev–Trinajstić information content (AvgIpc) is 2.78. The molecule has 114 valence electrons. The molecule has 0 saturated heterocycles. The number of fused-ring (bicyclic) bond motifs is 1. The van der Waals surface area contributed by atoms with E-state index in [-0.39, 0.29) is 11.8 Å². The number of aliphatic hydroxyl groups excluding tert-OH is 1. The molecule has 1 aliphatic heterocycles. The van der Waals surface area contributed by atoms with Crippen LogP contribution >= 0.6 is 0 Å². The highest BCUT2D eigenvalue weighted by Gasteiger charge is 2.33. The van der Waals surface area contributed by atoms with Crippen molar-refractivity contribution in [2.45, 2.75) is 32.8 Å². The van der Waals surface area contributed by atoms with Crippen LogP contribution in [-0.4, -0.2) is 17.6 Å². The van der Waals surface area contributed by atoms with Crippen molar-refractivity contribution in [3.8, 4) is 0 Å². The van der Waals surface area contributed by atoms with Gasteiger partial charge in [-0.2, -0.15) is 0 Å². The van der Waals surface area contributed by atoms with Crippen molar-refractivity contribution in [2.75, 3.05) is 11.4 Å². The van der Waals surface area contributed by atoms with E-state index in [2.05, 4.69) is 0 Å². The van der Waals surface area contributed by atoms with Gasteiger partial charge in [-0.1, -0.05) is 30.3 Å². The van der Waals surface area contributed by atoms with Crippen molar-refractivity contribution in [1.29, 1.82) is 0 Å². The van der Waals surface area contributed by atoms with E-state index < -0.39 is 6.10 Å². The molecule has 0 saturated carbocycles. The van der Waals surface area contributed by atoms with Gasteiger partial charge in [-0.05, 0) is 55.2 Å². The molecule has 0 aromatic heterocycles. The predicted molar refractivity (Wildman–Crippen MR) is 88.1 cm³/mol. The van der Waals surface area contributed by atoms with Gasteiger partial charge < -0.3 is 10.0 Å². The number of hydrogen-bond donors (Lipinski definition) is 1. The van der Waals surface area contributed by atoms with Crippen LogP contribution in [0.2, 0.25) is 0 Å². The van der Waals surface area contributed by atoms with E-state index in [1.807, 2.05) is 68.1 Å². The maximum atomic E-state index is 12.3. The van der Waals surface area contributed by atoms with Gasteiger partial charge in [-0.25, -0.2) is 0 Å². The zero-order chi connectivity index (χ0) is 15.9. The molecular formula is C19H21NO2. The summed E-state index contributed by atoms with van der Waals surface area (Å²) in [6.07, 6.45) is -0.663. The van der Waals surface area contributed by atoms with Crippen LogP contribution in [0.15, 0.2) is 42.5 Å². The van der Waals surface area contributed by atoms with Gasteiger partial charge in [-0.15, -0.1) is 0 Å². The molecule has 1 amide bonds. The average molecular weight is 295 g/mol. The van der Waals surface area contributed by atoms with Crippen LogP contribution in [-0.2, 0) is 4.79 Å². The third-order valence-corrected chi connectivity index (χ3v) is 4.56. The van der Waals surface area contributed by atoms with E-state index in [1.165, 1.54) is 0 Å². The smallest absolute Gasteiger partial charge is 0.234 e. The Morgan fingerprint density at radius 2 is 1.95 bits per heavy atom. The predicted octanol–water partition coefficient (Wildman–Crippen LogP) is 3.55. The summed E-state index contributed by atoms with van der Waals surface area (Å²) in [5.41, 5.74) is 4.80. The van der Waals surface area contributed by atoms with E-state index in [4.69, 9.17) is 0 Å². The zero-order valence-corrected chi connectivity index (χ0v) is 13.2. The number of aryl methyl sites for hydroxylation is 1. The summed E-state index contributed by atoms with van der Waals surface area (Å²) in [4.78, 5) is 14.1. The summed E-state index contributed by atoms with van der Waals surface area (Å²) in [6.45, 7) is 6.59. The summed E-state index contributed by atoms with van der Waals surface area (Å²) in [7, 11) is 0. The SMILES string of the molecule is CCN1C(=O)C(C)c2cc(C(O)c3ccccc3C)ccc21. The highest BCUT2D eigenvalue weighted by molar-refractivity contribution is 6.04. The van der Waals surface area contributed by atoms with Crippen LogP contribution in [0, 0.1) is 6.92 Å². The maximum Gasteiger partial charge on any atom is 0.234 e. The number of nitrogens with zero attached hydrogens (tertiary/aromatic N) is 1. The second-order valence-electron chi connectivity index (χ2n) is 5.88. The Labute approximate surface area is 131 Å². The zero-order valence-electron chi connectivity index (χ0n) is 13.2. The van der Waals surface area contributed by atoms with Gasteiger partial charge in [-0.3, -0.25) is 4.79 Å². The Morgan fingerprint density at radius 3 is 2.64 bits per heavy atom. The van der Waals surface area contributed by atoms with Gasteiger partial charge in [0.15, 0.2) is 0 Å². The molecule has 1 heterocycles. The van der Waals surface area contributed by atoms with E-state index in [1.54, 1.807) is 0 Å². The Hall–Kier alpha value is -2.13. The number of carbonyl (C=O) groups is 1. The molecule has 2 aromatic rings. The lowest BCUT2D eigenvalue weighted by Gasteiger charge is -2.17. The lowest BCUT2D eigenvalue weighted by atomic mass is 9.94. The van der Waals surface area contributed by atoms with Gasteiger partial charge in [0.1, 0.15) is 6.10 Å². The molecule has 3 rings (SSSR count). The fourth-order valence-corrected chi connectivity index (χ4v) is 3.22. The van der Waals surface area contributed by atoms with Gasteiger partial charge in [0.25, 0.3) is 0 Å². The normalized spacial score (nSPS) is 18.5. The second kappa shape index (κ2) is 5.58. The minimum Gasteiger partial charge on any atom is -0.384 e. The molecule has 0 spiro atoms. The Balaban J connectivity index is 2.02. The van der Waals surface area contributed by atoms with E-state index >= 15 is 0 Å². The molecule has 1 N–H and O–H groups in total. The topological polar surface area (TPSA) is 40.5 Å². The van der Waals surface area contributed by atoms with Crippen molar-refractivity contribution >= 4 is 11.6 Å². The van der Waals surface area contributed by atoms with Crippen molar-refractivity contribution in [3.63, 3.8) is 0 Å². The van der Waals surface area contributed by atoms with Crippen molar-refractivity contribution < 1.29 is 9.90 Å². The highest BCUT2D eigenvalue weighted by atomic mass is 16.3. The van der Waals surface area contributed by atoms with E-state index in [9.17, 15) is 9.90 Å². The number of aliphatic hydroxyl groups is 1. The molecular weight excluding hydrogens is 274 g/mol. The molecule has 2 unspecified atom stereocenters. The van der Waals surface area contributed by atoms with Gasteiger partial charge >= 0.3 is 0 Å². The van der Waals surface area contributed by atoms with Gasteiger partial charge in [0, 0.05) is 12.2 Å². The summed E-state index contributed by atoms with van der Waals surface area (Å²) >= 11 is 0. The molecule has 2 atom stereocenters. The molecule has 22 heavy (non-hydrogen) atoms. The number of likely N-dealkylation sites (N-methyl/N-ethyl adjacent to an activating group) is 1. The fraction of sp³-hybridized carbons (Fsp3) is 0.316. The number of carbonyl (C=O) groups excluding carboxylic acids is 1. The standard InChI is InChI=1S/C19H21NO2/c1-4-20-17-10-9-14(11-16(17)13(3)19(20)22)18(21)15-8-6-5-7-12(15)2/h5-11,13,18,21H,4H2,1-3H3. The van der Waals surface area contributed by atoms with Gasteiger partial charge in [0.05, 0.1) is 5.92 Å². The minimum atomic E-state index is -0.663. The van der Waals surface area contributed by atoms with Crippen LogP contribution in [0.5, 0.6) is 0 Å². The first-order valence-electron chi connectivity index (χ1n) is 7.73. The second-order valence-corrected chi connectivity index (χ2v) is 5.88. The number of rotatable bonds is 3. The largest absolute Gasteiger partial charge is 0.384 e. The molecule has 1 aliphatic rings. The lowest BCUT2D eigenvalue weighted by molar-refractivity contribution is -0.118. The number of benzene rings is 2. The Bertz CT molecular complexity index is 723. The van der Waals surface area contributed by atoms with Crippen LogP contribution < -0.4 is 4.90 Å². The molecule has 0 fully saturated rings. The summed E-state index contributed by atoms with van der Waals surface area (Å²) in [5, 5.41) is 10.7. The van der Waals surface area contributed by atoms with Crippen molar-refractivity contribution in [2.24, 2.45) is 0 Å². The van der Waals surface area contributed by atoms with Gasteiger partial charge in [0.2, 0.25) is 5.91 Å². The van der Waals surface area contributed by atoms with E-state index in [0.29, 0.717) is 6.54 Å². The van der Waals surface area contributed by atoms with Crippen LogP contribution in [0.1, 0.15) is 48.1 Å². The lowest BCUT2D eigenvalue weighted by Crippen LogP contribution is -2.27. The third kappa shape index (κ3) is 2.22. The van der Waals surface area contributed by atoms with Crippen molar-refractivity contribution in [1.82, 2.24) is 0 Å². The van der Waals surface area contributed by atoms with Crippen LogP contribution in [0.3, 0.4) is 0 Å². The highest BCUT2D eigenvalue weighted by Crippen LogP contribution is 2.39. The first kappa shape index (κ1) is 14.8. The summed E-state index contributed by atoms with van der Waals surface area (Å²) in [6, 6.07) is 13.7. The molecule has 3 nitrogen and oxygen atoms in total. The molecule has 2 aromatic carbocycles. The van der Waals surface area contributed by atoms with E-state index in [0.717, 1.165) is 27.9 Å². The molecule has 0 bridgehead atoms. The Morgan fingerprint density at radius 1 is 1.23 bits per heavy atom. The molecule has 3 heteroatoms. The quantitative estimate of drug-likeness (QED) is 0.940. The van der Waals surface area contributed by atoms with Crippen LogP contribution in [0.25, 0.3) is 0 Å². The summed E-state index contributed by atoms with van der Waals surface area (Å²) in [5.74, 6) is -0.000924. The van der Waals surface area contributed by atoms with Crippen molar-refractivity contribution in [3.05, 3.63) is 64.7 Å². The first-order valence-corrected chi connectivity index (χ1v) is 7.73.